The van der Waals surface area contributed by atoms with E-state index in [4.69, 9.17) is 5.26 Å². The number of nitriles is 1. The average molecular weight is 234 g/mol. The first-order valence-electron chi connectivity index (χ1n) is 5.49. The van der Waals surface area contributed by atoms with Gasteiger partial charge in [-0.2, -0.15) is 5.26 Å². The second-order valence-corrected chi connectivity index (χ2v) is 3.85. The fourth-order valence-corrected chi connectivity index (χ4v) is 1.43. The molecule has 1 aromatic rings. The predicted molar refractivity (Wildman–Crippen MR) is 62.6 cm³/mol. The number of halogens is 1. The maximum atomic E-state index is 12.7. The molecule has 0 spiro atoms. The van der Waals surface area contributed by atoms with E-state index in [-0.39, 0.29) is 24.6 Å². The van der Waals surface area contributed by atoms with E-state index in [0.717, 1.165) is 5.56 Å². The first kappa shape index (κ1) is 13.2. The van der Waals surface area contributed by atoms with Gasteiger partial charge < -0.3 is 4.90 Å². The smallest absolute Gasteiger partial charge is 0.223 e. The number of nitrogens with zero attached hydrogens (tertiary/aromatic N) is 2. The maximum Gasteiger partial charge on any atom is 0.223 e. The molecule has 0 aliphatic rings. The lowest BCUT2D eigenvalue weighted by Gasteiger charge is -2.16. The highest BCUT2D eigenvalue weighted by Gasteiger charge is 2.07. The molecule has 0 bridgehead atoms. The topological polar surface area (TPSA) is 44.1 Å². The summed E-state index contributed by atoms with van der Waals surface area (Å²) in [5, 5.41) is 8.37. The summed E-state index contributed by atoms with van der Waals surface area (Å²) in [7, 11) is 1.71. The molecule has 90 valence electrons. The molecule has 3 nitrogen and oxygen atoms in total. The summed E-state index contributed by atoms with van der Waals surface area (Å²) in [6, 6.07) is 8.19. The van der Waals surface area contributed by atoms with Gasteiger partial charge in [0.2, 0.25) is 5.91 Å². The van der Waals surface area contributed by atoms with Crippen LogP contribution in [0.15, 0.2) is 24.3 Å². The van der Waals surface area contributed by atoms with Gasteiger partial charge in [-0.1, -0.05) is 12.1 Å². The van der Waals surface area contributed by atoms with Gasteiger partial charge in [0, 0.05) is 26.4 Å². The quantitative estimate of drug-likeness (QED) is 0.783. The van der Waals surface area contributed by atoms with Crippen molar-refractivity contribution in [3.05, 3.63) is 35.6 Å². The van der Waals surface area contributed by atoms with Crippen molar-refractivity contribution in [1.29, 1.82) is 5.26 Å². The molecule has 1 amide bonds. The molecule has 17 heavy (non-hydrogen) atoms. The third kappa shape index (κ3) is 4.64. The molecule has 0 fully saturated rings. The number of hydrogen-bond donors (Lipinski definition) is 0. The van der Waals surface area contributed by atoms with Crippen molar-refractivity contribution >= 4 is 5.91 Å². The number of carbonyl (C=O) groups excluding carboxylic acids is 1. The van der Waals surface area contributed by atoms with E-state index in [2.05, 4.69) is 0 Å². The van der Waals surface area contributed by atoms with Gasteiger partial charge >= 0.3 is 0 Å². The first-order valence-corrected chi connectivity index (χ1v) is 5.49. The highest BCUT2D eigenvalue weighted by Crippen LogP contribution is 2.05. The van der Waals surface area contributed by atoms with Gasteiger partial charge in [0.1, 0.15) is 5.82 Å². The average Bonchev–Trinajstić information content (AvgIpc) is 2.34. The first-order chi connectivity index (χ1) is 8.13. The van der Waals surface area contributed by atoms with Crippen LogP contribution >= 0.6 is 0 Å². The summed E-state index contributed by atoms with van der Waals surface area (Å²) in [4.78, 5) is 13.1. The van der Waals surface area contributed by atoms with E-state index < -0.39 is 0 Å². The molecule has 0 radical (unpaired) electrons. The van der Waals surface area contributed by atoms with Crippen LogP contribution in [-0.4, -0.2) is 24.4 Å². The summed E-state index contributed by atoms with van der Waals surface area (Å²) < 4.78 is 12.7. The SMILES string of the molecule is CN(CCc1ccc(F)cc1)C(=O)CCC#N. The van der Waals surface area contributed by atoms with E-state index in [1.165, 1.54) is 12.1 Å². The lowest BCUT2D eigenvalue weighted by atomic mass is 10.1. The number of rotatable bonds is 5. The third-order valence-corrected chi connectivity index (χ3v) is 2.53. The molecule has 0 heterocycles. The molecule has 1 aromatic carbocycles. The minimum absolute atomic E-state index is 0.0336. The third-order valence-electron chi connectivity index (χ3n) is 2.53. The molecule has 0 N–H and O–H groups in total. The van der Waals surface area contributed by atoms with Crippen LogP contribution in [0.2, 0.25) is 0 Å². The highest BCUT2D eigenvalue weighted by atomic mass is 19.1. The van der Waals surface area contributed by atoms with Gasteiger partial charge in [-0.3, -0.25) is 4.79 Å². The Kier molecular flexibility index (Phi) is 5.15. The van der Waals surface area contributed by atoms with Gasteiger partial charge in [-0.05, 0) is 24.1 Å². The minimum atomic E-state index is -0.257. The maximum absolute atomic E-state index is 12.7. The zero-order chi connectivity index (χ0) is 12.7. The summed E-state index contributed by atoms with van der Waals surface area (Å²) in [6.45, 7) is 0.579. The predicted octanol–water partition coefficient (Wildman–Crippen LogP) is 2.13. The lowest BCUT2D eigenvalue weighted by Crippen LogP contribution is -2.28. The summed E-state index contributed by atoms with van der Waals surface area (Å²) in [6.07, 6.45) is 1.20. The van der Waals surface area contributed by atoms with Gasteiger partial charge in [0.15, 0.2) is 0 Å². The van der Waals surface area contributed by atoms with Crippen LogP contribution in [0, 0.1) is 17.1 Å². The Hall–Kier alpha value is -1.89. The molecule has 0 atom stereocenters. The molecule has 4 heteroatoms. The monoisotopic (exact) mass is 234 g/mol. The molecule has 0 aromatic heterocycles. The molecular formula is C13H15FN2O. The van der Waals surface area contributed by atoms with Crippen LogP contribution < -0.4 is 0 Å². The van der Waals surface area contributed by atoms with Crippen molar-refractivity contribution in [2.24, 2.45) is 0 Å². The molecule has 0 saturated heterocycles. The van der Waals surface area contributed by atoms with Gasteiger partial charge in [0.05, 0.1) is 6.07 Å². The zero-order valence-electron chi connectivity index (χ0n) is 9.82. The van der Waals surface area contributed by atoms with Crippen LogP contribution in [0.4, 0.5) is 4.39 Å². The van der Waals surface area contributed by atoms with E-state index in [1.807, 2.05) is 6.07 Å². The van der Waals surface area contributed by atoms with Crippen molar-refractivity contribution in [3.8, 4) is 6.07 Å². The minimum Gasteiger partial charge on any atom is -0.345 e. The Labute approximate surface area is 100 Å². The molecule has 1 rings (SSSR count). The second-order valence-electron chi connectivity index (χ2n) is 3.85. The Bertz CT molecular complexity index is 408. The number of benzene rings is 1. The molecule has 0 aliphatic heterocycles. The summed E-state index contributed by atoms with van der Waals surface area (Å²) in [5.74, 6) is -0.291. The summed E-state index contributed by atoms with van der Waals surface area (Å²) in [5.41, 5.74) is 0.992. The largest absolute Gasteiger partial charge is 0.345 e. The lowest BCUT2D eigenvalue weighted by molar-refractivity contribution is -0.129. The van der Waals surface area contributed by atoms with Gasteiger partial charge in [-0.25, -0.2) is 4.39 Å². The Morgan fingerprint density at radius 3 is 2.65 bits per heavy atom. The van der Waals surface area contributed by atoms with Crippen molar-refractivity contribution < 1.29 is 9.18 Å². The highest BCUT2D eigenvalue weighted by molar-refractivity contribution is 5.76. The Morgan fingerprint density at radius 2 is 2.06 bits per heavy atom. The van der Waals surface area contributed by atoms with Crippen LogP contribution in [0.3, 0.4) is 0 Å². The van der Waals surface area contributed by atoms with E-state index in [0.29, 0.717) is 13.0 Å². The Morgan fingerprint density at radius 1 is 1.41 bits per heavy atom. The van der Waals surface area contributed by atoms with Crippen LogP contribution in [-0.2, 0) is 11.2 Å². The van der Waals surface area contributed by atoms with Crippen molar-refractivity contribution in [3.63, 3.8) is 0 Å². The van der Waals surface area contributed by atoms with E-state index in [1.54, 1.807) is 24.1 Å². The standard InChI is InChI=1S/C13H15FN2O/c1-16(13(17)3-2-9-15)10-8-11-4-6-12(14)7-5-11/h4-7H,2-3,8,10H2,1H3. The van der Waals surface area contributed by atoms with Crippen molar-refractivity contribution in [1.82, 2.24) is 4.90 Å². The number of carbonyl (C=O) groups is 1. The van der Waals surface area contributed by atoms with Crippen molar-refractivity contribution in [2.75, 3.05) is 13.6 Å². The van der Waals surface area contributed by atoms with Gasteiger partial charge in [-0.15, -0.1) is 0 Å². The number of hydrogen-bond acceptors (Lipinski definition) is 2. The van der Waals surface area contributed by atoms with E-state index >= 15 is 0 Å². The molecule has 0 saturated carbocycles. The molecular weight excluding hydrogens is 219 g/mol. The van der Waals surface area contributed by atoms with E-state index in [9.17, 15) is 9.18 Å². The van der Waals surface area contributed by atoms with Gasteiger partial charge in [0.25, 0.3) is 0 Å². The summed E-state index contributed by atoms with van der Waals surface area (Å²) >= 11 is 0. The van der Waals surface area contributed by atoms with Crippen molar-refractivity contribution in [2.45, 2.75) is 19.3 Å². The number of likely N-dealkylation sites (N-methyl/N-ethyl adjacent to an activating group) is 1. The van der Waals surface area contributed by atoms with Crippen LogP contribution in [0.25, 0.3) is 0 Å². The molecule has 0 aliphatic carbocycles. The normalized spacial score (nSPS) is 9.71. The fourth-order valence-electron chi connectivity index (χ4n) is 1.43. The Balaban J connectivity index is 2.37. The van der Waals surface area contributed by atoms with Crippen LogP contribution in [0.5, 0.6) is 0 Å². The zero-order valence-corrected chi connectivity index (χ0v) is 9.82. The van der Waals surface area contributed by atoms with Crippen LogP contribution in [0.1, 0.15) is 18.4 Å². The second kappa shape index (κ2) is 6.64. The number of amides is 1. The molecule has 0 unspecified atom stereocenters. The fraction of sp³-hybridized carbons (Fsp3) is 0.385.